The second kappa shape index (κ2) is 7.92. The van der Waals surface area contributed by atoms with E-state index in [1.54, 1.807) is 4.90 Å². The van der Waals surface area contributed by atoms with Gasteiger partial charge in [-0.15, -0.1) is 0 Å². The average molecular weight is 417 g/mol. The van der Waals surface area contributed by atoms with Gasteiger partial charge in [-0.1, -0.05) is 23.8 Å². The van der Waals surface area contributed by atoms with Gasteiger partial charge in [0.2, 0.25) is 10.0 Å². The van der Waals surface area contributed by atoms with Crippen molar-refractivity contribution >= 4 is 21.6 Å². The van der Waals surface area contributed by atoms with Gasteiger partial charge in [0.25, 0.3) is 11.6 Å². The van der Waals surface area contributed by atoms with Crippen LogP contribution in [0.1, 0.15) is 27.0 Å². The predicted molar refractivity (Wildman–Crippen MR) is 108 cm³/mol. The lowest BCUT2D eigenvalue weighted by atomic mass is 9.98. The van der Waals surface area contributed by atoms with Crippen molar-refractivity contribution in [3.63, 3.8) is 0 Å². The van der Waals surface area contributed by atoms with Gasteiger partial charge in [-0.3, -0.25) is 14.9 Å². The van der Waals surface area contributed by atoms with E-state index in [-0.39, 0.29) is 42.7 Å². The summed E-state index contributed by atoms with van der Waals surface area (Å²) in [6, 6.07) is 8.94. The van der Waals surface area contributed by atoms with E-state index in [2.05, 4.69) is 0 Å². The minimum Gasteiger partial charge on any atom is -0.336 e. The maximum Gasteiger partial charge on any atom is 0.270 e. The van der Waals surface area contributed by atoms with Crippen LogP contribution in [-0.2, 0) is 10.0 Å². The fourth-order valence-electron chi connectivity index (χ4n) is 3.71. The van der Waals surface area contributed by atoms with Gasteiger partial charge >= 0.3 is 0 Å². The summed E-state index contributed by atoms with van der Waals surface area (Å²) in [5.74, 6) is -0.104. The molecule has 154 valence electrons. The normalized spacial score (nSPS) is 15.3. The fourth-order valence-corrected chi connectivity index (χ4v) is 5.18. The quantitative estimate of drug-likeness (QED) is 0.562. The Bertz CT molecular complexity index is 1050. The van der Waals surface area contributed by atoms with Gasteiger partial charge in [-0.2, -0.15) is 4.31 Å². The molecule has 0 aliphatic carbocycles. The van der Waals surface area contributed by atoms with E-state index >= 15 is 0 Å². The lowest BCUT2D eigenvalue weighted by Gasteiger charge is -2.34. The zero-order valence-corrected chi connectivity index (χ0v) is 17.4. The minimum atomic E-state index is -3.86. The lowest BCUT2D eigenvalue weighted by molar-refractivity contribution is -0.385. The molecule has 2 aromatic rings. The summed E-state index contributed by atoms with van der Waals surface area (Å²) < 4.78 is 27.0. The molecule has 0 saturated carbocycles. The van der Waals surface area contributed by atoms with Crippen LogP contribution in [0.15, 0.2) is 41.3 Å². The molecule has 0 bridgehead atoms. The van der Waals surface area contributed by atoms with E-state index in [9.17, 15) is 23.3 Å². The molecule has 1 fully saturated rings. The maximum atomic E-state index is 13.0. The summed E-state index contributed by atoms with van der Waals surface area (Å²) >= 11 is 0. The molecule has 0 aromatic heterocycles. The Balaban J connectivity index is 1.76. The van der Waals surface area contributed by atoms with E-state index in [1.807, 2.05) is 32.9 Å². The van der Waals surface area contributed by atoms with Crippen LogP contribution in [-0.4, -0.2) is 54.6 Å². The molecular formula is C20H23N3O5S. The van der Waals surface area contributed by atoms with Gasteiger partial charge in [0, 0.05) is 43.9 Å². The summed E-state index contributed by atoms with van der Waals surface area (Å²) in [6.45, 7) is 6.58. The molecule has 0 N–H and O–H groups in total. The smallest absolute Gasteiger partial charge is 0.270 e. The average Bonchev–Trinajstić information content (AvgIpc) is 2.67. The molecule has 0 spiro atoms. The van der Waals surface area contributed by atoms with Crippen molar-refractivity contribution in [2.75, 3.05) is 26.2 Å². The zero-order chi connectivity index (χ0) is 21.3. The SMILES string of the molecule is Cc1cc(C)c(C(=O)N2CCN(S(=O)(=O)c3cccc([N+](=O)[O-])c3)CC2)c(C)c1. The fraction of sp³-hybridized carbons (Fsp3) is 0.350. The van der Waals surface area contributed by atoms with Crippen molar-refractivity contribution in [1.82, 2.24) is 9.21 Å². The molecule has 1 aliphatic rings. The number of benzene rings is 2. The molecule has 0 atom stereocenters. The number of carbonyl (C=O) groups excluding carboxylic acids is 1. The van der Waals surface area contributed by atoms with Crippen LogP contribution in [0.3, 0.4) is 0 Å². The van der Waals surface area contributed by atoms with Gasteiger partial charge in [0.1, 0.15) is 0 Å². The molecule has 0 unspecified atom stereocenters. The Labute approximate surface area is 169 Å². The van der Waals surface area contributed by atoms with Gasteiger partial charge in [0.15, 0.2) is 0 Å². The minimum absolute atomic E-state index is 0.104. The third kappa shape index (κ3) is 4.15. The number of nitrogens with zero attached hydrogens (tertiary/aromatic N) is 3. The van der Waals surface area contributed by atoms with E-state index in [0.717, 1.165) is 22.8 Å². The van der Waals surface area contributed by atoms with Crippen LogP contribution in [0, 0.1) is 30.9 Å². The number of nitro benzene ring substituents is 1. The zero-order valence-electron chi connectivity index (χ0n) is 16.6. The summed E-state index contributed by atoms with van der Waals surface area (Å²) in [5.41, 5.74) is 3.28. The third-order valence-electron chi connectivity index (χ3n) is 5.08. The van der Waals surface area contributed by atoms with Gasteiger partial charge < -0.3 is 4.90 Å². The molecule has 29 heavy (non-hydrogen) atoms. The highest BCUT2D eigenvalue weighted by Crippen LogP contribution is 2.24. The van der Waals surface area contributed by atoms with Crippen LogP contribution in [0.25, 0.3) is 0 Å². The number of carbonyl (C=O) groups is 1. The summed E-state index contributed by atoms with van der Waals surface area (Å²) in [6.07, 6.45) is 0. The first-order chi connectivity index (χ1) is 13.6. The summed E-state index contributed by atoms with van der Waals surface area (Å²) in [7, 11) is -3.86. The molecular weight excluding hydrogens is 394 g/mol. The van der Waals surface area contributed by atoms with E-state index in [0.29, 0.717) is 5.56 Å². The largest absolute Gasteiger partial charge is 0.336 e. The Morgan fingerprint density at radius 3 is 2.14 bits per heavy atom. The summed E-state index contributed by atoms with van der Waals surface area (Å²) in [5, 5.41) is 10.9. The Morgan fingerprint density at radius 2 is 1.59 bits per heavy atom. The molecule has 8 nitrogen and oxygen atoms in total. The van der Waals surface area contributed by atoms with Crippen molar-refractivity contribution in [2.24, 2.45) is 0 Å². The molecule has 1 amide bonds. The van der Waals surface area contributed by atoms with Crippen LogP contribution in [0.5, 0.6) is 0 Å². The molecule has 2 aromatic carbocycles. The Kier molecular flexibility index (Phi) is 5.72. The lowest BCUT2D eigenvalue weighted by Crippen LogP contribution is -2.50. The highest BCUT2D eigenvalue weighted by molar-refractivity contribution is 7.89. The van der Waals surface area contributed by atoms with Crippen molar-refractivity contribution in [3.8, 4) is 0 Å². The number of hydrogen-bond donors (Lipinski definition) is 0. The van der Waals surface area contributed by atoms with Gasteiger partial charge in [0.05, 0.1) is 9.82 Å². The van der Waals surface area contributed by atoms with E-state index in [4.69, 9.17) is 0 Å². The van der Waals surface area contributed by atoms with Crippen molar-refractivity contribution < 1.29 is 18.1 Å². The molecule has 0 radical (unpaired) electrons. The van der Waals surface area contributed by atoms with Crippen molar-refractivity contribution in [1.29, 1.82) is 0 Å². The number of hydrogen-bond acceptors (Lipinski definition) is 5. The van der Waals surface area contributed by atoms with Crippen LogP contribution >= 0.6 is 0 Å². The standard InChI is InChI=1S/C20H23N3O5S/c1-14-11-15(2)19(16(3)12-14)20(24)21-7-9-22(10-8-21)29(27,28)18-6-4-5-17(13-18)23(25)26/h4-6,11-13H,7-10H2,1-3H3. The van der Waals surface area contributed by atoms with Gasteiger partial charge in [-0.05, 0) is 38.0 Å². The first kappa shape index (κ1) is 20.9. The number of non-ortho nitro benzene ring substituents is 1. The monoisotopic (exact) mass is 417 g/mol. The van der Waals surface area contributed by atoms with Crippen LogP contribution in [0.4, 0.5) is 5.69 Å². The number of sulfonamides is 1. The molecule has 3 rings (SSSR count). The van der Waals surface area contributed by atoms with E-state index < -0.39 is 14.9 Å². The number of nitro groups is 1. The highest BCUT2D eigenvalue weighted by atomic mass is 32.2. The Morgan fingerprint density at radius 1 is 1.00 bits per heavy atom. The number of aryl methyl sites for hydroxylation is 3. The second-order valence-corrected chi connectivity index (χ2v) is 9.16. The highest BCUT2D eigenvalue weighted by Gasteiger charge is 2.32. The number of piperazine rings is 1. The van der Waals surface area contributed by atoms with Crippen molar-refractivity contribution in [3.05, 3.63) is 68.8 Å². The number of rotatable bonds is 4. The molecule has 1 heterocycles. The van der Waals surface area contributed by atoms with E-state index in [1.165, 1.54) is 22.5 Å². The maximum absolute atomic E-state index is 13.0. The second-order valence-electron chi connectivity index (χ2n) is 7.22. The molecule has 9 heteroatoms. The molecule has 1 aliphatic heterocycles. The first-order valence-corrected chi connectivity index (χ1v) is 10.7. The van der Waals surface area contributed by atoms with Gasteiger partial charge in [-0.25, -0.2) is 8.42 Å². The predicted octanol–water partition coefficient (Wildman–Crippen LogP) is 2.67. The van der Waals surface area contributed by atoms with Crippen LogP contribution < -0.4 is 0 Å². The number of amides is 1. The summed E-state index contributed by atoms with van der Waals surface area (Å²) in [4.78, 5) is 24.8. The molecule has 1 saturated heterocycles. The Hall–Kier alpha value is -2.78. The van der Waals surface area contributed by atoms with Crippen LogP contribution in [0.2, 0.25) is 0 Å². The first-order valence-electron chi connectivity index (χ1n) is 9.23. The topological polar surface area (TPSA) is 101 Å². The third-order valence-corrected chi connectivity index (χ3v) is 6.98. The van der Waals surface area contributed by atoms with Crippen molar-refractivity contribution in [2.45, 2.75) is 25.7 Å².